The smallest absolute Gasteiger partial charge is 0.417 e. The molecule has 3 rings (SSSR count). The molecular formula is C22H27NO6. The second kappa shape index (κ2) is 8.78. The van der Waals surface area contributed by atoms with Crippen LogP contribution in [0.2, 0.25) is 0 Å². The van der Waals surface area contributed by atoms with Crippen LogP contribution in [0.25, 0.3) is 0 Å². The van der Waals surface area contributed by atoms with Crippen molar-refractivity contribution in [3.8, 4) is 0 Å². The molecule has 1 aromatic carbocycles. The second-order valence-corrected chi connectivity index (χ2v) is 7.43. The van der Waals surface area contributed by atoms with E-state index in [1.807, 2.05) is 30.3 Å². The number of benzene rings is 1. The van der Waals surface area contributed by atoms with Crippen molar-refractivity contribution < 1.29 is 28.6 Å². The molecule has 156 valence electrons. The van der Waals surface area contributed by atoms with Crippen LogP contribution in [0.3, 0.4) is 0 Å². The summed E-state index contributed by atoms with van der Waals surface area (Å²) in [7, 11) is 1.33. The Balaban J connectivity index is 1.69. The maximum absolute atomic E-state index is 13.1. The number of hydrogen-bond acceptors (Lipinski definition) is 6. The zero-order valence-electron chi connectivity index (χ0n) is 17.2. The van der Waals surface area contributed by atoms with E-state index in [-0.39, 0.29) is 12.0 Å². The van der Waals surface area contributed by atoms with Gasteiger partial charge in [-0.25, -0.2) is 14.5 Å². The first kappa shape index (κ1) is 21.0. The Kier molecular flexibility index (Phi) is 6.37. The van der Waals surface area contributed by atoms with Gasteiger partial charge in [0.15, 0.2) is 0 Å². The van der Waals surface area contributed by atoms with E-state index in [1.165, 1.54) is 12.0 Å². The summed E-state index contributed by atoms with van der Waals surface area (Å²) >= 11 is 0. The lowest BCUT2D eigenvalue weighted by atomic mass is 9.97. The van der Waals surface area contributed by atoms with Crippen LogP contribution in [0.4, 0.5) is 4.79 Å². The molecule has 2 amide bonds. The monoisotopic (exact) mass is 401 g/mol. The van der Waals surface area contributed by atoms with Crippen molar-refractivity contribution in [3.05, 3.63) is 47.5 Å². The number of amides is 2. The van der Waals surface area contributed by atoms with Crippen LogP contribution in [-0.4, -0.2) is 48.2 Å². The van der Waals surface area contributed by atoms with Crippen molar-refractivity contribution in [1.82, 2.24) is 4.90 Å². The third kappa shape index (κ3) is 4.05. The Hall–Kier alpha value is -2.67. The van der Waals surface area contributed by atoms with Gasteiger partial charge in [-0.3, -0.25) is 4.79 Å². The van der Waals surface area contributed by atoms with Gasteiger partial charge in [-0.05, 0) is 32.3 Å². The molecule has 0 spiro atoms. The summed E-state index contributed by atoms with van der Waals surface area (Å²) in [6.45, 7) is 5.31. The first-order valence-electron chi connectivity index (χ1n) is 9.87. The van der Waals surface area contributed by atoms with Gasteiger partial charge in [0.05, 0.1) is 36.9 Å². The molecule has 2 fully saturated rings. The number of carbonyl (C=O) groups is 3. The summed E-state index contributed by atoms with van der Waals surface area (Å²) in [5, 5.41) is 0. The quantitative estimate of drug-likeness (QED) is 0.556. The molecule has 0 radical (unpaired) electrons. The Morgan fingerprint density at radius 3 is 2.55 bits per heavy atom. The van der Waals surface area contributed by atoms with Crippen LogP contribution in [0, 0.1) is 5.92 Å². The maximum atomic E-state index is 13.1. The van der Waals surface area contributed by atoms with Crippen LogP contribution < -0.4 is 0 Å². The molecule has 29 heavy (non-hydrogen) atoms. The van der Waals surface area contributed by atoms with Crippen molar-refractivity contribution in [2.24, 2.45) is 5.92 Å². The number of cyclic esters (lactones) is 1. The normalized spacial score (nSPS) is 28.2. The number of rotatable bonds is 5. The molecule has 7 heteroatoms. The van der Waals surface area contributed by atoms with Gasteiger partial charge in [-0.2, -0.15) is 0 Å². The van der Waals surface area contributed by atoms with E-state index in [9.17, 15) is 14.4 Å². The van der Waals surface area contributed by atoms with E-state index in [2.05, 4.69) is 0 Å². The van der Waals surface area contributed by atoms with Crippen molar-refractivity contribution in [2.75, 3.05) is 7.11 Å². The lowest BCUT2D eigenvalue weighted by Gasteiger charge is -2.25. The van der Waals surface area contributed by atoms with Crippen molar-refractivity contribution in [3.63, 3.8) is 0 Å². The van der Waals surface area contributed by atoms with Gasteiger partial charge in [0, 0.05) is 0 Å². The Morgan fingerprint density at radius 1 is 1.24 bits per heavy atom. The molecule has 2 saturated heterocycles. The van der Waals surface area contributed by atoms with E-state index in [1.54, 1.807) is 26.8 Å². The van der Waals surface area contributed by atoms with Crippen LogP contribution >= 0.6 is 0 Å². The Morgan fingerprint density at radius 2 is 1.93 bits per heavy atom. The molecule has 2 heterocycles. The maximum Gasteiger partial charge on any atom is 0.417 e. The fourth-order valence-corrected chi connectivity index (χ4v) is 4.04. The predicted molar refractivity (Wildman–Crippen MR) is 105 cm³/mol. The predicted octanol–water partition coefficient (Wildman–Crippen LogP) is 3.40. The molecule has 0 unspecified atom stereocenters. The average Bonchev–Trinajstić information content (AvgIpc) is 3.32. The van der Waals surface area contributed by atoms with Crippen molar-refractivity contribution >= 4 is 18.0 Å². The van der Waals surface area contributed by atoms with Gasteiger partial charge in [0.1, 0.15) is 6.10 Å². The summed E-state index contributed by atoms with van der Waals surface area (Å²) in [6, 6.07) is 8.96. The SMILES string of the molecule is C/C=C(\C(=O)OC)[C@H]1CC[C@@H]([C@@H](C)C(=O)N2C(=O)O[C@@H](c3ccccc3)[C@H]2C)O1. The van der Waals surface area contributed by atoms with E-state index in [0.717, 1.165) is 5.56 Å². The molecule has 0 saturated carbocycles. The second-order valence-electron chi connectivity index (χ2n) is 7.43. The standard InChI is InChI=1S/C22H27NO6/c1-5-16(21(25)27-4)18-12-11-17(28-18)13(2)20(24)23-14(3)19(29-22(23)26)15-9-7-6-8-10-15/h5-10,13-14,17-19H,11-12H2,1-4H3/b16-5-/t13-,14-,17+,18-,19-/m1/s1. The van der Waals surface area contributed by atoms with E-state index >= 15 is 0 Å². The van der Waals surface area contributed by atoms with Crippen LogP contribution in [-0.2, 0) is 23.8 Å². The number of nitrogens with zero attached hydrogens (tertiary/aromatic N) is 1. The first-order chi connectivity index (χ1) is 13.9. The summed E-state index contributed by atoms with van der Waals surface area (Å²) in [4.78, 5) is 38.6. The number of ether oxygens (including phenoxy) is 3. The van der Waals surface area contributed by atoms with E-state index in [4.69, 9.17) is 14.2 Å². The highest BCUT2D eigenvalue weighted by Crippen LogP contribution is 2.36. The lowest BCUT2D eigenvalue weighted by molar-refractivity contribution is -0.139. The molecule has 0 aromatic heterocycles. The Labute approximate surface area is 170 Å². The summed E-state index contributed by atoms with van der Waals surface area (Å²) in [6.07, 6.45) is 0.980. The largest absolute Gasteiger partial charge is 0.466 e. The number of esters is 1. The molecule has 0 aliphatic carbocycles. The van der Waals surface area contributed by atoms with Gasteiger partial charge in [0.2, 0.25) is 5.91 Å². The van der Waals surface area contributed by atoms with Crippen LogP contribution in [0.15, 0.2) is 42.0 Å². The minimum Gasteiger partial charge on any atom is -0.466 e. The summed E-state index contributed by atoms with van der Waals surface area (Å²) in [5.41, 5.74) is 1.30. The molecule has 0 N–H and O–H groups in total. The van der Waals surface area contributed by atoms with Crippen molar-refractivity contribution in [1.29, 1.82) is 0 Å². The molecule has 0 bridgehead atoms. The first-order valence-corrected chi connectivity index (χ1v) is 9.87. The highest BCUT2D eigenvalue weighted by Gasteiger charge is 2.47. The molecule has 2 aliphatic heterocycles. The van der Waals surface area contributed by atoms with E-state index in [0.29, 0.717) is 18.4 Å². The zero-order valence-corrected chi connectivity index (χ0v) is 17.2. The van der Waals surface area contributed by atoms with Crippen molar-refractivity contribution in [2.45, 2.75) is 58.0 Å². The number of methoxy groups -OCH3 is 1. The number of imide groups is 1. The zero-order chi connectivity index (χ0) is 21.1. The van der Waals surface area contributed by atoms with E-state index < -0.39 is 36.2 Å². The average molecular weight is 401 g/mol. The number of carbonyl (C=O) groups excluding carboxylic acids is 3. The topological polar surface area (TPSA) is 82.1 Å². The number of allylic oxidation sites excluding steroid dienone is 1. The fourth-order valence-electron chi connectivity index (χ4n) is 4.04. The fraction of sp³-hybridized carbons (Fsp3) is 0.500. The molecular weight excluding hydrogens is 374 g/mol. The van der Waals surface area contributed by atoms with Gasteiger partial charge >= 0.3 is 12.1 Å². The van der Waals surface area contributed by atoms with Gasteiger partial charge in [-0.1, -0.05) is 43.3 Å². The molecule has 2 aliphatic rings. The van der Waals surface area contributed by atoms with Gasteiger partial charge in [-0.15, -0.1) is 0 Å². The molecule has 1 aromatic rings. The molecule has 5 atom stereocenters. The van der Waals surface area contributed by atoms with Crippen LogP contribution in [0.1, 0.15) is 45.3 Å². The highest BCUT2D eigenvalue weighted by molar-refractivity contribution is 5.95. The summed E-state index contributed by atoms with van der Waals surface area (Å²) in [5.74, 6) is -1.30. The minimum atomic E-state index is -0.638. The third-order valence-corrected chi connectivity index (χ3v) is 5.71. The lowest BCUT2D eigenvalue weighted by Crippen LogP contribution is -2.44. The summed E-state index contributed by atoms with van der Waals surface area (Å²) < 4.78 is 16.3. The Bertz CT molecular complexity index is 805. The number of hydrogen-bond donors (Lipinski definition) is 0. The van der Waals surface area contributed by atoms with Gasteiger partial charge < -0.3 is 14.2 Å². The van der Waals surface area contributed by atoms with Gasteiger partial charge in [0.25, 0.3) is 0 Å². The highest BCUT2D eigenvalue weighted by atomic mass is 16.6. The van der Waals surface area contributed by atoms with Crippen LogP contribution in [0.5, 0.6) is 0 Å². The third-order valence-electron chi connectivity index (χ3n) is 5.71. The minimum absolute atomic E-state index is 0.327. The molecule has 7 nitrogen and oxygen atoms in total.